The quantitative estimate of drug-likeness (QED) is 0.708. The monoisotopic (exact) mass is 386 g/mol. The van der Waals surface area contributed by atoms with Crippen LogP contribution >= 0.6 is 0 Å². The molecule has 0 spiro atoms. The van der Waals surface area contributed by atoms with Gasteiger partial charge in [-0.05, 0) is 55.2 Å². The van der Waals surface area contributed by atoms with Crippen molar-refractivity contribution in [1.29, 1.82) is 0 Å². The van der Waals surface area contributed by atoms with Crippen LogP contribution in [0.3, 0.4) is 0 Å². The summed E-state index contributed by atoms with van der Waals surface area (Å²) >= 11 is 0. The molecule has 4 nitrogen and oxygen atoms in total. The molecule has 2 aromatic carbocycles. The molecular formula is C21H21F3N4. The largest absolute Gasteiger partial charge is 0.416 e. The lowest BCUT2D eigenvalue weighted by atomic mass is 9.95. The average molecular weight is 386 g/mol. The normalized spacial score (nSPS) is 24.5. The van der Waals surface area contributed by atoms with Crippen LogP contribution in [0.5, 0.6) is 0 Å². The SMILES string of the molecule is CC1(N)N=C(Nc2ccc(C(F)(F)F)cc2)NC2=C1CCC2c1ccccc1. The summed E-state index contributed by atoms with van der Waals surface area (Å²) in [5, 5.41) is 6.39. The van der Waals surface area contributed by atoms with E-state index in [2.05, 4.69) is 27.8 Å². The van der Waals surface area contributed by atoms with Crippen LogP contribution in [0.15, 0.2) is 70.9 Å². The van der Waals surface area contributed by atoms with Crippen molar-refractivity contribution in [2.45, 2.75) is 37.5 Å². The Morgan fingerprint density at radius 1 is 1.11 bits per heavy atom. The van der Waals surface area contributed by atoms with E-state index < -0.39 is 17.4 Å². The molecule has 146 valence electrons. The Balaban J connectivity index is 1.57. The first-order valence-electron chi connectivity index (χ1n) is 9.12. The third-order valence-electron chi connectivity index (χ3n) is 5.24. The zero-order chi connectivity index (χ0) is 19.9. The van der Waals surface area contributed by atoms with E-state index in [1.165, 1.54) is 17.7 Å². The highest BCUT2D eigenvalue weighted by molar-refractivity contribution is 5.96. The molecule has 0 aromatic heterocycles. The highest BCUT2D eigenvalue weighted by Crippen LogP contribution is 2.43. The van der Waals surface area contributed by atoms with Gasteiger partial charge in [0.15, 0.2) is 0 Å². The van der Waals surface area contributed by atoms with E-state index in [-0.39, 0.29) is 5.92 Å². The molecule has 2 atom stereocenters. The maximum Gasteiger partial charge on any atom is 0.416 e. The standard InChI is InChI=1S/C21H21F3N4/c1-20(25)17-12-11-16(13-5-3-2-4-6-13)18(17)27-19(28-20)26-15-9-7-14(8-10-15)21(22,23)24/h2-10,16H,11-12,25H2,1H3,(H2,26,27,28). The van der Waals surface area contributed by atoms with Crippen LogP contribution in [0.1, 0.15) is 36.8 Å². The van der Waals surface area contributed by atoms with Crippen molar-refractivity contribution in [2.24, 2.45) is 10.7 Å². The summed E-state index contributed by atoms with van der Waals surface area (Å²) in [7, 11) is 0. The van der Waals surface area contributed by atoms with Crippen LogP contribution in [0.2, 0.25) is 0 Å². The first-order valence-corrected chi connectivity index (χ1v) is 9.12. The summed E-state index contributed by atoms with van der Waals surface area (Å²) in [5.41, 5.74) is 8.71. The van der Waals surface area contributed by atoms with Gasteiger partial charge in [-0.3, -0.25) is 0 Å². The van der Waals surface area contributed by atoms with Gasteiger partial charge in [0.2, 0.25) is 5.96 Å². The number of nitrogens with zero attached hydrogens (tertiary/aromatic N) is 1. The van der Waals surface area contributed by atoms with Gasteiger partial charge in [0.1, 0.15) is 5.66 Å². The molecule has 0 amide bonds. The number of guanidine groups is 1. The fourth-order valence-corrected chi connectivity index (χ4v) is 3.88. The zero-order valence-electron chi connectivity index (χ0n) is 15.3. The highest BCUT2D eigenvalue weighted by Gasteiger charge is 2.39. The topological polar surface area (TPSA) is 62.4 Å². The third-order valence-corrected chi connectivity index (χ3v) is 5.24. The summed E-state index contributed by atoms with van der Waals surface area (Å²) in [5.74, 6) is 0.630. The molecule has 1 heterocycles. The summed E-state index contributed by atoms with van der Waals surface area (Å²) < 4.78 is 38.3. The smallest absolute Gasteiger partial charge is 0.329 e. The van der Waals surface area contributed by atoms with Gasteiger partial charge in [0.25, 0.3) is 0 Å². The fraction of sp³-hybridized carbons (Fsp3) is 0.286. The Labute approximate surface area is 161 Å². The van der Waals surface area contributed by atoms with Gasteiger partial charge in [-0.15, -0.1) is 0 Å². The molecule has 2 aromatic rings. The van der Waals surface area contributed by atoms with Crippen LogP contribution in [-0.4, -0.2) is 11.6 Å². The first kappa shape index (κ1) is 18.6. The fourth-order valence-electron chi connectivity index (χ4n) is 3.88. The lowest BCUT2D eigenvalue weighted by Gasteiger charge is -2.32. The molecule has 28 heavy (non-hydrogen) atoms. The Bertz CT molecular complexity index is 928. The number of allylic oxidation sites excluding steroid dienone is 1. The number of nitrogens with one attached hydrogen (secondary N) is 2. The molecule has 0 bridgehead atoms. The van der Waals surface area contributed by atoms with Crippen molar-refractivity contribution in [3.05, 3.63) is 77.0 Å². The second kappa shape index (κ2) is 6.67. The minimum atomic E-state index is -4.36. The number of nitrogens with two attached hydrogens (primary N) is 1. The van der Waals surface area contributed by atoms with Gasteiger partial charge < -0.3 is 16.4 Å². The van der Waals surface area contributed by atoms with Crippen LogP contribution in [0, 0.1) is 0 Å². The Kier molecular flexibility index (Phi) is 4.42. The van der Waals surface area contributed by atoms with Crippen LogP contribution < -0.4 is 16.4 Å². The van der Waals surface area contributed by atoms with Gasteiger partial charge in [0, 0.05) is 17.3 Å². The molecule has 0 saturated carbocycles. The predicted octanol–water partition coefficient (Wildman–Crippen LogP) is 4.58. The zero-order valence-corrected chi connectivity index (χ0v) is 15.3. The van der Waals surface area contributed by atoms with E-state index in [4.69, 9.17) is 5.73 Å². The van der Waals surface area contributed by atoms with E-state index in [0.717, 1.165) is 36.2 Å². The summed E-state index contributed by atoms with van der Waals surface area (Å²) in [4.78, 5) is 4.54. The predicted molar refractivity (Wildman–Crippen MR) is 104 cm³/mol. The van der Waals surface area contributed by atoms with Crippen molar-refractivity contribution in [1.82, 2.24) is 5.32 Å². The number of aliphatic imine (C=N–C) groups is 1. The molecule has 4 N–H and O–H groups in total. The van der Waals surface area contributed by atoms with Crippen molar-refractivity contribution in [3.8, 4) is 0 Å². The lowest BCUT2D eigenvalue weighted by Crippen LogP contribution is -2.47. The molecule has 1 aliphatic carbocycles. The lowest BCUT2D eigenvalue weighted by molar-refractivity contribution is -0.137. The second-order valence-electron chi connectivity index (χ2n) is 7.33. The number of hydrogen-bond donors (Lipinski definition) is 3. The number of benzene rings is 2. The van der Waals surface area contributed by atoms with E-state index in [0.29, 0.717) is 11.6 Å². The van der Waals surface area contributed by atoms with Gasteiger partial charge in [-0.1, -0.05) is 30.3 Å². The van der Waals surface area contributed by atoms with E-state index >= 15 is 0 Å². The maximum atomic E-state index is 12.8. The first-order chi connectivity index (χ1) is 13.2. The van der Waals surface area contributed by atoms with E-state index in [9.17, 15) is 13.2 Å². The van der Waals surface area contributed by atoms with Gasteiger partial charge in [-0.25, -0.2) is 4.99 Å². The number of alkyl halides is 3. The minimum Gasteiger partial charge on any atom is -0.329 e. The van der Waals surface area contributed by atoms with Gasteiger partial charge in [0.05, 0.1) is 5.56 Å². The second-order valence-corrected chi connectivity index (χ2v) is 7.33. The van der Waals surface area contributed by atoms with E-state index in [1.807, 2.05) is 25.1 Å². The van der Waals surface area contributed by atoms with Crippen LogP contribution in [0.4, 0.5) is 18.9 Å². The Hall–Kier alpha value is -2.80. The van der Waals surface area contributed by atoms with Crippen molar-refractivity contribution < 1.29 is 13.2 Å². The number of hydrogen-bond acceptors (Lipinski definition) is 4. The van der Waals surface area contributed by atoms with Crippen molar-refractivity contribution in [2.75, 3.05) is 5.32 Å². The molecule has 1 aliphatic heterocycles. The Morgan fingerprint density at radius 2 is 1.79 bits per heavy atom. The highest BCUT2D eigenvalue weighted by atomic mass is 19.4. The van der Waals surface area contributed by atoms with Crippen molar-refractivity contribution in [3.63, 3.8) is 0 Å². The molecule has 0 fully saturated rings. The van der Waals surface area contributed by atoms with Crippen LogP contribution in [-0.2, 0) is 6.18 Å². The average Bonchev–Trinajstić information content (AvgIpc) is 3.07. The summed E-state index contributed by atoms with van der Waals surface area (Å²) in [6.07, 6.45) is -2.56. The molecular weight excluding hydrogens is 365 g/mol. The number of halogens is 3. The number of rotatable bonds is 2. The molecule has 7 heteroatoms. The van der Waals surface area contributed by atoms with E-state index in [1.54, 1.807) is 0 Å². The molecule has 0 saturated heterocycles. The molecule has 4 rings (SSSR count). The van der Waals surface area contributed by atoms with Crippen molar-refractivity contribution >= 4 is 11.6 Å². The molecule has 2 aliphatic rings. The summed E-state index contributed by atoms with van der Waals surface area (Å²) in [6, 6.07) is 15.0. The molecule has 2 unspecified atom stereocenters. The Morgan fingerprint density at radius 3 is 2.43 bits per heavy atom. The number of anilines is 1. The van der Waals surface area contributed by atoms with Gasteiger partial charge >= 0.3 is 6.18 Å². The van der Waals surface area contributed by atoms with Gasteiger partial charge in [-0.2, -0.15) is 13.2 Å². The third kappa shape index (κ3) is 3.49. The maximum absolute atomic E-state index is 12.8. The summed E-state index contributed by atoms with van der Waals surface area (Å²) in [6.45, 7) is 1.85. The minimum absolute atomic E-state index is 0.194. The van der Waals surface area contributed by atoms with Crippen LogP contribution in [0.25, 0.3) is 0 Å². The molecule has 0 radical (unpaired) electrons.